The van der Waals surface area contributed by atoms with Crippen LogP contribution in [0.25, 0.3) is 10.6 Å². The molecule has 1 amide bonds. The molecule has 2 aromatic heterocycles. The number of hydrogen-bond donors (Lipinski definition) is 0. The van der Waals surface area contributed by atoms with E-state index in [0.717, 1.165) is 50.4 Å². The number of halogens is 3. The largest absolute Gasteiger partial charge is 0.452 e. The maximum absolute atomic E-state index is 13.1. The maximum Gasteiger partial charge on any atom is 0.452 e. The molecule has 1 atom stereocenters. The highest BCUT2D eigenvalue weighted by atomic mass is 32.1. The Labute approximate surface area is 177 Å². The van der Waals surface area contributed by atoms with Gasteiger partial charge in [0.15, 0.2) is 0 Å². The van der Waals surface area contributed by atoms with E-state index in [1.54, 1.807) is 12.1 Å². The molecule has 0 aliphatic carbocycles. The number of alkyl halides is 3. The third-order valence-electron chi connectivity index (χ3n) is 5.97. The minimum absolute atomic E-state index is 0.0588. The van der Waals surface area contributed by atoms with Crippen molar-refractivity contribution in [3.8, 4) is 10.6 Å². The van der Waals surface area contributed by atoms with E-state index in [1.807, 2.05) is 4.90 Å². The summed E-state index contributed by atoms with van der Waals surface area (Å²) < 4.78 is 43.4. The van der Waals surface area contributed by atoms with Crippen LogP contribution in [0.4, 0.5) is 13.2 Å². The molecule has 0 radical (unpaired) electrons. The van der Waals surface area contributed by atoms with E-state index in [1.165, 1.54) is 6.92 Å². The number of hydrogen-bond acceptors (Lipinski definition) is 6. The van der Waals surface area contributed by atoms with E-state index in [2.05, 4.69) is 26.5 Å². The predicted molar refractivity (Wildman–Crippen MR) is 108 cm³/mol. The van der Waals surface area contributed by atoms with Gasteiger partial charge in [0.1, 0.15) is 5.69 Å². The van der Waals surface area contributed by atoms with E-state index in [0.29, 0.717) is 28.9 Å². The van der Waals surface area contributed by atoms with Crippen LogP contribution in [0.2, 0.25) is 0 Å². The Balaban J connectivity index is 1.46. The van der Waals surface area contributed by atoms with Crippen LogP contribution < -0.4 is 0 Å². The van der Waals surface area contributed by atoms with Gasteiger partial charge >= 0.3 is 6.18 Å². The van der Waals surface area contributed by atoms with Gasteiger partial charge < -0.3 is 14.3 Å². The monoisotopic (exact) mass is 442 g/mol. The van der Waals surface area contributed by atoms with Crippen LogP contribution in [-0.2, 0) is 6.18 Å². The Kier molecular flexibility index (Phi) is 5.91. The van der Waals surface area contributed by atoms with Gasteiger partial charge in [0, 0.05) is 50.9 Å². The molecule has 4 heterocycles. The Morgan fingerprint density at radius 1 is 1.20 bits per heavy atom. The summed E-state index contributed by atoms with van der Waals surface area (Å²) in [6.45, 7) is 6.83. The summed E-state index contributed by atoms with van der Waals surface area (Å²) in [4.78, 5) is 20.7. The molecular weight excluding hydrogens is 417 g/mol. The van der Waals surface area contributed by atoms with Crippen molar-refractivity contribution in [2.24, 2.45) is 0 Å². The number of nitrogens with zero attached hydrogens (tertiary/aromatic N) is 4. The standard InChI is InChI=1S/C20H25F3N4O2S/c1-13-17(24-29-18(13)20(21,22)23)15-5-6-16(30-15)19(28)27-7-3-4-14(12-27)26-10-8-25(2)9-11-26/h5-6,14H,3-4,7-12H2,1-2H3. The first kappa shape index (κ1) is 21.3. The maximum atomic E-state index is 13.1. The van der Waals surface area contributed by atoms with Gasteiger partial charge in [-0.2, -0.15) is 13.2 Å². The number of amides is 1. The van der Waals surface area contributed by atoms with Crippen molar-refractivity contribution in [3.05, 3.63) is 28.3 Å². The SMILES string of the molecule is Cc1c(-c2ccc(C(=O)N3CCCC(N4CCN(C)CC4)C3)s2)noc1C(F)(F)F. The number of thiophene rings is 1. The summed E-state index contributed by atoms with van der Waals surface area (Å²) in [5.41, 5.74) is 0.0804. The number of piperidine rings is 1. The molecular formula is C20H25F3N4O2S. The fourth-order valence-electron chi connectivity index (χ4n) is 4.19. The van der Waals surface area contributed by atoms with E-state index in [4.69, 9.17) is 0 Å². The first-order valence-corrected chi connectivity index (χ1v) is 10.9. The van der Waals surface area contributed by atoms with Gasteiger partial charge in [0.2, 0.25) is 5.76 Å². The summed E-state index contributed by atoms with van der Waals surface area (Å²) in [5.74, 6) is -1.16. The van der Waals surface area contributed by atoms with Gasteiger partial charge in [-0.3, -0.25) is 9.69 Å². The van der Waals surface area contributed by atoms with Crippen molar-refractivity contribution in [3.63, 3.8) is 0 Å². The van der Waals surface area contributed by atoms with Crippen LogP contribution in [0.1, 0.15) is 33.8 Å². The van der Waals surface area contributed by atoms with E-state index in [9.17, 15) is 18.0 Å². The van der Waals surface area contributed by atoms with Crippen LogP contribution >= 0.6 is 11.3 Å². The molecule has 0 bridgehead atoms. The molecule has 30 heavy (non-hydrogen) atoms. The summed E-state index contributed by atoms with van der Waals surface area (Å²) in [6.07, 6.45) is -2.54. The second kappa shape index (κ2) is 8.32. The van der Waals surface area contributed by atoms with Gasteiger partial charge in [-0.1, -0.05) is 5.16 Å². The molecule has 2 aliphatic heterocycles. The number of likely N-dealkylation sites (tertiary alicyclic amines) is 1. The van der Waals surface area contributed by atoms with Crippen LogP contribution in [0, 0.1) is 6.92 Å². The number of carbonyl (C=O) groups is 1. The molecule has 2 saturated heterocycles. The molecule has 2 aliphatic rings. The lowest BCUT2D eigenvalue weighted by atomic mass is 10.0. The Morgan fingerprint density at radius 2 is 1.93 bits per heavy atom. The number of carbonyl (C=O) groups excluding carboxylic acids is 1. The quantitative estimate of drug-likeness (QED) is 0.727. The van der Waals surface area contributed by atoms with Crippen molar-refractivity contribution >= 4 is 17.2 Å². The van der Waals surface area contributed by atoms with Gasteiger partial charge in [0.25, 0.3) is 5.91 Å². The van der Waals surface area contributed by atoms with Crippen molar-refractivity contribution in [2.45, 2.75) is 32.0 Å². The summed E-state index contributed by atoms with van der Waals surface area (Å²) in [5, 5.41) is 3.60. The Morgan fingerprint density at radius 3 is 2.60 bits per heavy atom. The lowest BCUT2D eigenvalue weighted by Gasteiger charge is -2.42. The molecule has 0 spiro atoms. The fraction of sp³-hybridized carbons (Fsp3) is 0.600. The van der Waals surface area contributed by atoms with Crippen LogP contribution in [0.3, 0.4) is 0 Å². The van der Waals surface area contributed by atoms with Crippen molar-refractivity contribution < 1.29 is 22.5 Å². The molecule has 2 aromatic rings. The topological polar surface area (TPSA) is 52.8 Å². The van der Waals surface area contributed by atoms with Crippen molar-refractivity contribution in [1.29, 1.82) is 0 Å². The summed E-state index contributed by atoms with van der Waals surface area (Å²) in [7, 11) is 2.12. The molecule has 0 aromatic carbocycles. The zero-order valence-electron chi connectivity index (χ0n) is 17.0. The minimum Gasteiger partial charge on any atom is -0.351 e. The van der Waals surface area contributed by atoms with Gasteiger partial charge in [-0.25, -0.2) is 0 Å². The lowest BCUT2D eigenvalue weighted by molar-refractivity contribution is -0.156. The number of piperazine rings is 1. The van der Waals surface area contributed by atoms with Crippen LogP contribution in [0.5, 0.6) is 0 Å². The highest BCUT2D eigenvalue weighted by molar-refractivity contribution is 7.17. The van der Waals surface area contributed by atoms with Gasteiger partial charge in [0.05, 0.1) is 9.75 Å². The van der Waals surface area contributed by atoms with Crippen LogP contribution in [0.15, 0.2) is 16.7 Å². The van der Waals surface area contributed by atoms with Crippen molar-refractivity contribution in [2.75, 3.05) is 46.3 Å². The fourth-order valence-corrected chi connectivity index (χ4v) is 5.20. The first-order valence-electron chi connectivity index (χ1n) is 10.1. The molecule has 10 heteroatoms. The normalized spacial score (nSPS) is 21.9. The average Bonchev–Trinajstić information content (AvgIpc) is 3.34. The summed E-state index contributed by atoms with van der Waals surface area (Å²) in [6, 6.07) is 3.68. The smallest absolute Gasteiger partial charge is 0.351 e. The van der Waals surface area contributed by atoms with Gasteiger partial charge in [-0.15, -0.1) is 11.3 Å². The zero-order chi connectivity index (χ0) is 21.5. The van der Waals surface area contributed by atoms with Gasteiger partial charge in [-0.05, 0) is 38.9 Å². The summed E-state index contributed by atoms with van der Waals surface area (Å²) >= 11 is 1.16. The zero-order valence-corrected chi connectivity index (χ0v) is 17.9. The number of likely N-dealkylation sites (N-methyl/N-ethyl adjacent to an activating group) is 1. The second-order valence-electron chi connectivity index (χ2n) is 8.03. The molecule has 4 rings (SSSR count). The predicted octanol–water partition coefficient (Wildman–Crippen LogP) is 3.58. The minimum atomic E-state index is -4.59. The Bertz CT molecular complexity index is 902. The third kappa shape index (κ3) is 4.26. The second-order valence-corrected chi connectivity index (χ2v) is 9.12. The van der Waals surface area contributed by atoms with E-state index in [-0.39, 0.29) is 17.2 Å². The Hall–Kier alpha value is -1.91. The number of rotatable bonds is 3. The molecule has 6 nitrogen and oxygen atoms in total. The van der Waals surface area contributed by atoms with Crippen molar-refractivity contribution in [1.82, 2.24) is 19.9 Å². The van der Waals surface area contributed by atoms with E-state index < -0.39 is 11.9 Å². The number of aromatic nitrogens is 1. The molecule has 164 valence electrons. The highest BCUT2D eigenvalue weighted by Gasteiger charge is 2.39. The molecule has 0 saturated carbocycles. The van der Waals surface area contributed by atoms with Crippen LogP contribution in [-0.4, -0.2) is 78.1 Å². The molecule has 1 unspecified atom stereocenters. The lowest BCUT2D eigenvalue weighted by Crippen LogP contribution is -2.55. The first-order chi connectivity index (χ1) is 14.2. The van der Waals surface area contributed by atoms with E-state index >= 15 is 0 Å². The third-order valence-corrected chi connectivity index (χ3v) is 7.05. The average molecular weight is 443 g/mol. The molecule has 2 fully saturated rings. The highest BCUT2D eigenvalue weighted by Crippen LogP contribution is 2.38. The molecule has 0 N–H and O–H groups in total.